The second-order valence-corrected chi connectivity index (χ2v) is 14.1. The van der Waals surface area contributed by atoms with E-state index in [-0.39, 0.29) is 36.5 Å². The minimum absolute atomic E-state index is 0.0355. The van der Waals surface area contributed by atoms with Gasteiger partial charge < -0.3 is 52.7 Å². The molecule has 0 saturated heterocycles. The van der Waals surface area contributed by atoms with Gasteiger partial charge in [-0.05, 0) is 66.2 Å². The molecule has 0 unspecified atom stereocenters. The molecule has 296 valence electrons. The van der Waals surface area contributed by atoms with Crippen molar-refractivity contribution >= 4 is 65.9 Å². The van der Waals surface area contributed by atoms with Crippen molar-refractivity contribution in [3.63, 3.8) is 0 Å². The van der Waals surface area contributed by atoms with Crippen LogP contribution in [0.4, 0.5) is 0 Å². The molecule has 0 aromatic heterocycles. The van der Waals surface area contributed by atoms with Crippen LogP contribution in [0.2, 0.25) is 0 Å². The molecule has 5 amide bonds. The minimum atomic E-state index is -1.74. The molecule has 17 nitrogen and oxygen atoms in total. The summed E-state index contributed by atoms with van der Waals surface area (Å²) in [5.74, 6) is -7.65. The van der Waals surface area contributed by atoms with Crippen molar-refractivity contribution in [3.8, 4) is 11.5 Å². The summed E-state index contributed by atoms with van der Waals surface area (Å²) in [7, 11) is 0. The van der Waals surface area contributed by atoms with E-state index in [2.05, 4.69) is 39.2 Å². The van der Waals surface area contributed by atoms with E-state index in [9.17, 15) is 54.0 Å². The summed E-state index contributed by atoms with van der Waals surface area (Å²) in [6, 6.07) is 3.68. The van der Waals surface area contributed by atoms with Crippen LogP contribution in [0.15, 0.2) is 48.5 Å². The van der Waals surface area contributed by atoms with Crippen LogP contribution in [0.1, 0.15) is 37.8 Å². The highest BCUT2D eigenvalue weighted by molar-refractivity contribution is 7.98. The minimum Gasteiger partial charge on any atom is -0.508 e. The van der Waals surface area contributed by atoms with Crippen molar-refractivity contribution in [1.82, 2.24) is 26.6 Å². The Bertz CT molecular complexity index is 1610. The van der Waals surface area contributed by atoms with Crippen LogP contribution in [0, 0.1) is 5.92 Å². The van der Waals surface area contributed by atoms with Crippen molar-refractivity contribution in [2.45, 2.75) is 75.8 Å². The van der Waals surface area contributed by atoms with Gasteiger partial charge in [0.2, 0.25) is 29.5 Å². The molecule has 0 spiro atoms. The highest BCUT2D eigenvalue weighted by atomic mass is 32.2. The zero-order chi connectivity index (χ0) is 40.5. The Hall–Kier alpha value is -5.01. The number of benzene rings is 2. The number of nitrogens with one attached hydrogen (secondary N) is 5. The van der Waals surface area contributed by atoms with Gasteiger partial charge in [0.25, 0.3) is 0 Å². The van der Waals surface area contributed by atoms with Crippen LogP contribution >= 0.6 is 24.4 Å². The number of nitrogens with two attached hydrogens (primary N) is 1. The van der Waals surface area contributed by atoms with Crippen LogP contribution in [0.3, 0.4) is 0 Å². The summed E-state index contributed by atoms with van der Waals surface area (Å²) in [6.07, 6.45) is 0.994. The molecule has 0 aliphatic carbocycles. The van der Waals surface area contributed by atoms with Crippen LogP contribution in [0.25, 0.3) is 0 Å². The molecule has 6 atom stereocenters. The van der Waals surface area contributed by atoms with E-state index in [1.807, 2.05) is 0 Å². The van der Waals surface area contributed by atoms with Crippen LogP contribution < -0.4 is 32.3 Å². The van der Waals surface area contributed by atoms with Crippen molar-refractivity contribution in [1.29, 1.82) is 0 Å². The van der Waals surface area contributed by atoms with E-state index in [0.29, 0.717) is 16.9 Å². The number of carboxylic acid groups (broad SMARTS) is 2. The Labute approximate surface area is 322 Å². The number of carbonyl (C=O) groups is 7. The summed E-state index contributed by atoms with van der Waals surface area (Å²) in [5.41, 5.74) is 7.24. The van der Waals surface area contributed by atoms with E-state index in [0.717, 1.165) is 0 Å². The average molecular weight is 793 g/mol. The first-order valence-electron chi connectivity index (χ1n) is 16.8. The molecular formula is C35H48N6O11S2. The molecule has 0 bridgehead atoms. The molecule has 54 heavy (non-hydrogen) atoms. The predicted octanol–water partition coefficient (Wildman–Crippen LogP) is -0.467. The van der Waals surface area contributed by atoms with E-state index < -0.39 is 90.1 Å². The number of rotatable bonds is 22. The van der Waals surface area contributed by atoms with Gasteiger partial charge in [-0.3, -0.25) is 28.8 Å². The molecule has 19 heteroatoms. The Morgan fingerprint density at radius 1 is 0.667 bits per heavy atom. The van der Waals surface area contributed by atoms with Gasteiger partial charge in [0.15, 0.2) is 0 Å². The number of amides is 5. The maximum absolute atomic E-state index is 13.4. The van der Waals surface area contributed by atoms with E-state index in [1.165, 1.54) is 48.2 Å². The number of aromatic hydroxyl groups is 2. The third-order valence-corrected chi connectivity index (χ3v) is 9.05. The summed E-state index contributed by atoms with van der Waals surface area (Å²) < 4.78 is 0. The number of hydrogen-bond donors (Lipinski definition) is 11. The zero-order valence-corrected chi connectivity index (χ0v) is 31.7. The number of aliphatic carboxylic acids is 2. The SMILES string of the molecule is CSCC[C@H](NC(=O)[C@@H](N)Cc1ccc(O)cc1)C(=O)N[C@@H](CS)C(=O)N[C@H](CC(=O)O)C(=O)N[C@H](C(=O)N[C@H](Cc1ccc(O)cc1)C(=O)O)C(C)C. The Balaban J connectivity index is 2.14. The van der Waals surface area contributed by atoms with Gasteiger partial charge in [0.1, 0.15) is 41.7 Å². The fraction of sp³-hybridized carbons (Fsp3) is 0.457. The van der Waals surface area contributed by atoms with Gasteiger partial charge in [0.05, 0.1) is 12.5 Å². The second-order valence-electron chi connectivity index (χ2n) is 12.7. The monoisotopic (exact) mass is 792 g/mol. The normalized spacial score (nSPS) is 14.3. The Kier molecular flexibility index (Phi) is 18.6. The second kappa shape index (κ2) is 22.3. The fourth-order valence-electron chi connectivity index (χ4n) is 5.00. The van der Waals surface area contributed by atoms with Gasteiger partial charge >= 0.3 is 11.9 Å². The Morgan fingerprint density at radius 3 is 1.61 bits per heavy atom. The zero-order valence-electron chi connectivity index (χ0n) is 30.0. The number of thiol groups is 1. The standard InChI is InChI=1S/C35H48N6O11S2/c1-18(2)29(34(50)39-26(35(51)52)15-20-6-10-22(43)11-7-20)41-32(48)25(16-28(44)45)38-33(49)27(17-53)40-31(47)24(12-13-54-3)37-30(46)23(36)14-19-4-8-21(42)9-5-19/h4-11,18,23-27,29,42-43,53H,12-17,36H2,1-3H3,(H,37,46)(H,38,49)(H,39,50)(H,40,47)(H,41,48)(H,44,45)(H,51,52)/t23-,24-,25+,26+,27-,29-/m0/s1. The smallest absolute Gasteiger partial charge is 0.326 e. The summed E-state index contributed by atoms with van der Waals surface area (Å²) >= 11 is 5.54. The molecule has 0 aliphatic rings. The van der Waals surface area contributed by atoms with Gasteiger partial charge in [-0.15, -0.1) is 0 Å². The van der Waals surface area contributed by atoms with Crippen molar-refractivity contribution < 1.29 is 54.0 Å². The summed E-state index contributed by atoms with van der Waals surface area (Å²) in [5, 5.41) is 50.4. The van der Waals surface area contributed by atoms with E-state index in [1.54, 1.807) is 32.2 Å². The molecule has 0 aliphatic heterocycles. The quantitative estimate of drug-likeness (QED) is 0.0674. The van der Waals surface area contributed by atoms with Gasteiger partial charge in [-0.1, -0.05) is 38.1 Å². The summed E-state index contributed by atoms with van der Waals surface area (Å²) in [6.45, 7) is 3.12. The van der Waals surface area contributed by atoms with Crippen LogP contribution in [-0.4, -0.2) is 116 Å². The third kappa shape index (κ3) is 15.2. The maximum atomic E-state index is 13.4. The number of phenolic OH excluding ortho intramolecular Hbond substituents is 2. The molecule has 0 radical (unpaired) electrons. The van der Waals surface area contributed by atoms with E-state index >= 15 is 0 Å². The molecule has 11 N–H and O–H groups in total. The highest BCUT2D eigenvalue weighted by Crippen LogP contribution is 2.14. The van der Waals surface area contributed by atoms with Gasteiger partial charge in [-0.25, -0.2) is 4.79 Å². The molecule has 2 aromatic rings. The lowest BCUT2D eigenvalue weighted by Crippen LogP contribution is -2.60. The molecule has 0 heterocycles. The number of phenols is 2. The largest absolute Gasteiger partial charge is 0.508 e. The number of carbonyl (C=O) groups excluding carboxylic acids is 5. The van der Waals surface area contributed by atoms with Crippen molar-refractivity contribution in [3.05, 3.63) is 59.7 Å². The topological polar surface area (TPSA) is 287 Å². The predicted molar refractivity (Wildman–Crippen MR) is 203 cm³/mol. The van der Waals surface area contributed by atoms with Gasteiger partial charge in [0, 0.05) is 12.2 Å². The first-order valence-corrected chi connectivity index (χ1v) is 18.9. The average Bonchev–Trinajstić information content (AvgIpc) is 3.11. The molecule has 2 rings (SSSR count). The molecule has 2 aromatic carbocycles. The van der Waals surface area contributed by atoms with Crippen LogP contribution in [0.5, 0.6) is 11.5 Å². The molecule has 0 saturated carbocycles. The van der Waals surface area contributed by atoms with E-state index in [4.69, 9.17) is 5.73 Å². The number of thioether (sulfide) groups is 1. The van der Waals surface area contributed by atoms with Crippen molar-refractivity contribution in [2.24, 2.45) is 11.7 Å². The Morgan fingerprint density at radius 2 is 1.13 bits per heavy atom. The van der Waals surface area contributed by atoms with Crippen molar-refractivity contribution in [2.75, 3.05) is 17.8 Å². The van der Waals surface area contributed by atoms with Gasteiger partial charge in [-0.2, -0.15) is 24.4 Å². The highest BCUT2D eigenvalue weighted by Gasteiger charge is 2.34. The number of carboxylic acids is 2. The summed E-state index contributed by atoms with van der Waals surface area (Å²) in [4.78, 5) is 89.9. The first-order chi connectivity index (χ1) is 25.4. The molecule has 0 fully saturated rings. The van der Waals surface area contributed by atoms with Crippen LogP contribution in [-0.2, 0) is 46.4 Å². The molecular weight excluding hydrogens is 745 g/mol. The maximum Gasteiger partial charge on any atom is 0.326 e. The first kappa shape index (κ1) is 45.1. The fourth-order valence-corrected chi connectivity index (χ4v) is 5.73. The lowest BCUT2D eigenvalue weighted by molar-refractivity contribution is -0.143. The third-order valence-electron chi connectivity index (χ3n) is 8.04. The lowest BCUT2D eigenvalue weighted by Gasteiger charge is -2.27. The lowest BCUT2D eigenvalue weighted by atomic mass is 10.0. The number of hydrogen-bond acceptors (Lipinski definition) is 12.